The maximum atomic E-state index is 9.18. The lowest BCUT2D eigenvalue weighted by Gasteiger charge is -2.04. The number of ether oxygens (including phenoxy) is 1. The van der Waals surface area contributed by atoms with Gasteiger partial charge in [-0.25, -0.2) is 0 Å². The molecule has 0 aromatic heterocycles. The summed E-state index contributed by atoms with van der Waals surface area (Å²) in [7, 11) is 1.44. The summed E-state index contributed by atoms with van der Waals surface area (Å²) >= 11 is 0. The minimum absolute atomic E-state index is 0.0440. The fourth-order valence-corrected chi connectivity index (χ4v) is 0.857. The Balaban J connectivity index is 3.13. The van der Waals surface area contributed by atoms with Gasteiger partial charge in [-0.1, -0.05) is 6.58 Å². The summed E-state index contributed by atoms with van der Waals surface area (Å²) in [4.78, 5) is 0. The zero-order chi connectivity index (χ0) is 9.14. The van der Waals surface area contributed by atoms with Crippen LogP contribution in [0.25, 0.3) is 5.76 Å². The number of hydrogen-bond donors (Lipinski definition) is 2. The van der Waals surface area contributed by atoms with Crippen LogP contribution in [0.4, 0.5) is 0 Å². The van der Waals surface area contributed by atoms with E-state index in [1.807, 2.05) is 0 Å². The molecule has 1 aromatic carbocycles. The molecule has 1 aromatic rings. The molecule has 0 fully saturated rings. The van der Waals surface area contributed by atoms with E-state index in [0.717, 1.165) is 0 Å². The highest BCUT2D eigenvalue weighted by atomic mass is 16.5. The third-order valence-corrected chi connectivity index (χ3v) is 1.51. The molecule has 0 amide bonds. The van der Waals surface area contributed by atoms with Gasteiger partial charge in [0.2, 0.25) is 0 Å². The first-order chi connectivity index (χ1) is 5.65. The molecule has 3 nitrogen and oxygen atoms in total. The molecule has 3 heteroatoms. The maximum absolute atomic E-state index is 9.18. The number of phenolic OH excluding ortho intramolecular Hbond substituents is 1. The summed E-state index contributed by atoms with van der Waals surface area (Å²) in [6.45, 7) is 3.35. The highest BCUT2D eigenvalue weighted by Gasteiger charge is 2.03. The van der Waals surface area contributed by atoms with Crippen molar-refractivity contribution in [3.05, 3.63) is 30.3 Å². The molecular weight excluding hydrogens is 156 g/mol. The number of benzene rings is 1. The first kappa shape index (κ1) is 8.46. The lowest BCUT2D eigenvalue weighted by Crippen LogP contribution is -1.86. The summed E-state index contributed by atoms with van der Waals surface area (Å²) in [5, 5.41) is 18.2. The van der Waals surface area contributed by atoms with Crippen LogP contribution >= 0.6 is 0 Å². The summed E-state index contributed by atoms with van der Waals surface area (Å²) in [6, 6.07) is 4.51. The van der Waals surface area contributed by atoms with Gasteiger partial charge in [0.05, 0.1) is 7.11 Å². The normalized spacial score (nSPS) is 9.42. The zero-order valence-corrected chi connectivity index (χ0v) is 6.74. The molecule has 64 valence electrons. The van der Waals surface area contributed by atoms with Crippen LogP contribution in [0.5, 0.6) is 11.5 Å². The molecule has 0 unspecified atom stereocenters. The predicted molar refractivity (Wildman–Crippen MR) is 46.3 cm³/mol. The van der Waals surface area contributed by atoms with Gasteiger partial charge in [0.25, 0.3) is 0 Å². The van der Waals surface area contributed by atoms with Gasteiger partial charge in [-0.2, -0.15) is 0 Å². The first-order valence-corrected chi connectivity index (χ1v) is 3.40. The Morgan fingerprint density at radius 2 is 2.17 bits per heavy atom. The molecule has 0 radical (unpaired) electrons. The number of hydrogen-bond acceptors (Lipinski definition) is 3. The molecule has 0 aliphatic carbocycles. The Morgan fingerprint density at radius 1 is 1.50 bits per heavy atom. The highest BCUT2D eigenvalue weighted by molar-refractivity contribution is 5.60. The third-order valence-electron chi connectivity index (χ3n) is 1.51. The van der Waals surface area contributed by atoms with Gasteiger partial charge in [-0.15, -0.1) is 0 Å². The fourth-order valence-electron chi connectivity index (χ4n) is 0.857. The summed E-state index contributed by atoms with van der Waals surface area (Å²) in [5.41, 5.74) is 0.532. The van der Waals surface area contributed by atoms with Crippen LogP contribution in [0.2, 0.25) is 0 Å². The molecule has 12 heavy (non-hydrogen) atoms. The average Bonchev–Trinajstić information content (AvgIpc) is 2.05. The largest absolute Gasteiger partial charge is 0.508 e. The lowest BCUT2D eigenvalue weighted by atomic mass is 10.2. The molecule has 0 saturated heterocycles. The predicted octanol–water partition coefficient (Wildman–Crippen LogP) is 1.93. The lowest BCUT2D eigenvalue weighted by molar-refractivity contribution is 0.373. The smallest absolute Gasteiger partial charge is 0.161 e. The Labute approximate surface area is 70.5 Å². The first-order valence-electron chi connectivity index (χ1n) is 3.40. The van der Waals surface area contributed by atoms with Crippen LogP contribution in [0.15, 0.2) is 24.8 Å². The van der Waals surface area contributed by atoms with Crippen molar-refractivity contribution in [3.63, 3.8) is 0 Å². The quantitative estimate of drug-likeness (QED) is 0.660. The molecule has 1 rings (SSSR count). The highest BCUT2D eigenvalue weighted by Crippen LogP contribution is 2.27. The monoisotopic (exact) mass is 166 g/mol. The molecular formula is C9H10O3. The minimum Gasteiger partial charge on any atom is -0.508 e. The van der Waals surface area contributed by atoms with Gasteiger partial charge in [-0.05, 0) is 18.2 Å². The van der Waals surface area contributed by atoms with E-state index < -0.39 is 0 Å². The van der Waals surface area contributed by atoms with E-state index in [1.165, 1.54) is 19.2 Å². The van der Waals surface area contributed by atoms with Crippen molar-refractivity contribution in [1.29, 1.82) is 0 Å². The van der Waals surface area contributed by atoms with E-state index in [9.17, 15) is 5.11 Å². The second kappa shape index (κ2) is 3.17. The van der Waals surface area contributed by atoms with E-state index in [4.69, 9.17) is 9.84 Å². The summed E-state index contributed by atoms with van der Waals surface area (Å²) in [6.07, 6.45) is 0. The number of aromatic hydroxyl groups is 1. The Hall–Kier alpha value is -1.64. The average molecular weight is 166 g/mol. The van der Waals surface area contributed by atoms with Crippen molar-refractivity contribution in [3.8, 4) is 11.5 Å². The number of methoxy groups -OCH3 is 1. The van der Waals surface area contributed by atoms with Crippen molar-refractivity contribution in [1.82, 2.24) is 0 Å². The van der Waals surface area contributed by atoms with Gasteiger partial charge in [0.1, 0.15) is 5.76 Å². The fraction of sp³-hybridized carbons (Fsp3) is 0.111. The van der Waals surface area contributed by atoms with E-state index in [2.05, 4.69) is 6.58 Å². The summed E-state index contributed by atoms with van der Waals surface area (Å²) < 4.78 is 4.83. The van der Waals surface area contributed by atoms with Gasteiger partial charge < -0.3 is 14.9 Å². The standard InChI is InChI=1S/C9H10O3/c1-6(10)7-3-4-8(11)9(5-7)12-2/h3-5,10-11H,1H2,2H3. The molecule has 0 saturated carbocycles. The van der Waals surface area contributed by atoms with Crippen LogP contribution in [-0.2, 0) is 0 Å². The second-order valence-corrected chi connectivity index (χ2v) is 2.33. The molecule has 0 spiro atoms. The van der Waals surface area contributed by atoms with Crippen molar-refractivity contribution in [2.24, 2.45) is 0 Å². The van der Waals surface area contributed by atoms with Crippen molar-refractivity contribution in [2.75, 3.05) is 7.11 Å². The Morgan fingerprint density at radius 3 is 2.67 bits per heavy atom. The second-order valence-electron chi connectivity index (χ2n) is 2.33. The Kier molecular flexibility index (Phi) is 2.24. The summed E-state index contributed by atoms with van der Waals surface area (Å²) in [5.74, 6) is 0.318. The number of aliphatic hydroxyl groups is 1. The molecule has 0 aliphatic rings. The SMILES string of the molecule is C=C(O)c1ccc(O)c(OC)c1. The zero-order valence-electron chi connectivity index (χ0n) is 6.74. The molecule has 0 bridgehead atoms. The van der Waals surface area contributed by atoms with E-state index in [0.29, 0.717) is 11.3 Å². The van der Waals surface area contributed by atoms with Crippen LogP contribution < -0.4 is 4.74 Å². The van der Waals surface area contributed by atoms with Crippen LogP contribution in [0, 0.1) is 0 Å². The van der Waals surface area contributed by atoms with E-state index >= 15 is 0 Å². The van der Waals surface area contributed by atoms with E-state index in [1.54, 1.807) is 6.07 Å². The molecule has 0 aliphatic heterocycles. The Bertz CT molecular complexity index is 305. The molecule has 0 atom stereocenters. The maximum Gasteiger partial charge on any atom is 0.161 e. The van der Waals surface area contributed by atoms with Crippen LogP contribution in [-0.4, -0.2) is 17.3 Å². The topological polar surface area (TPSA) is 49.7 Å². The van der Waals surface area contributed by atoms with Crippen molar-refractivity contribution in [2.45, 2.75) is 0 Å². The van der Waals surface area contributed by atoms with Gasteiger partial charge in [0.15, 0.2) is 11.5 Å². The van der Waals surface area contributed by atoms with Crippen LogP contribution in [0.1, 0.15) is 5.56 Å². The van der Waals surface area contributed by atoms with Gasteiger partial charge in [-0.3, -0.25) is 0 Å². The minimum atomic E-state index is -0.0479. The number of phenols is 1. The van der Waals surface area contributed by atoms with Crippen LogP contribution in [0.3, 0.4) is 0 Å². The third kappa shape index (κ3) is 1.50. The van der Waals surface area contributed by atoms with Gasteiger partial charge >= 0.3 is 0 Å². The van der Waals surface area contributed by atoms with E-state index in [-0.39, 0.29) is 11.5 Å². The van der Waals surface area contributed by atoms with Crippen molar-refractivity contribution >= 4 is 5.76 Å². The number of aliphatic hydroxyl groups excluding tert-OH is 1. The molecule has 0 heterocycles. The van der Waals surface area contributed by atoms with Gasteiger partial charge in [0, 0.05) is 5.56 Å². The molecule has 2 N–H and O–H groups in total. The van der Waals surface area contributed by atoms with Crippen molar-refractivity contribution < 1.29 is 14.9 Å². The number of rotatable bonds is 2.